The van der Waals surface area contributed by atoms with Crippen LogP contribution in [0.5, 0.6) is 0 Å². The Kier molecular flexibility index (Phi) is 7.47. The molecule has 0 saturated heterocycles. The van der Waals surface area contributed by atoms with Gasteiger partial charge in [-0.1, -0.05) is 42.5 Å². The number of nitrogens with one attached hydrogen (secondary N) is 1. The Morgan fingerprint density at radius 1 is 1.16 bits per heavy atom. The standard InChI is InChI=1S/C20H25FN2OS/c1-15(25-14-16-8-5-4-6-9-16)20(24)22-13-19(23(2)3)17-10-7-11-18(21)12-17/h4-12,15,19H,13-14H2,1-3H3,(H,22,24)/t15-,19+/m0/s1. The summed E-state index contributed by atoms with van der Waals surface area (Å²) in [5.74, 6) is 0.544. The van der Waals surface area contributed by atoms with Crippen molar-refractivity contribution in [2.24, 2.45) is 0 Å². The lowest BCUT2D eigenvalue weighted by Crippen LogP contribution is -2.38. The molecule has 1 N–H and O–H groups in total. The fourth-order valence-electron chi connectivity index (χ4n) is 2.52. The van der Waals surface area contributed by atoms with Gasteiger partial charge in [-0.15, -0.1) is 11.8 Å². The SMILES string of the molecule is C[C@H](SCc1ccccc1)C(=O)NC[C@H](c1cccc(F)c1)N(C)C. The fraction of sp³-hybridized carbons (Fsp3) is 0.350. The smallest absolute Gasteiger partial charge is 0.232 e. The third-order valence-electron chi connectivity index (χ3n) is 4.04. The van der Waals surface area contributed by atoms with Crippen molar-refractivity contribution in [2.45, 2.75) is 24.0 Å². The second-order valence-electron chi connectivity index (χ2n) is 6.22. The van der Waals surface area contributed by atoms with Crippen LogP contribution in [0.4, 0.5) is 4.39 Å². The van der Waals surface area contributed by atoms with Crippen LogP contribution in [0.15, 0.2) is 54.6 Å². The zero-order chi connectivity index (χ0) is 18.2. The first-order valence-electron chi connectivity index (χ1n) is 8.32. The first-order valence-corrected chi connectivity index (χ1v) is 9.37. The normalized spacial score (nSPS) is 13.5. The highest BCUT2D eigenvalue weighted by Gasteiger charge is 2.18. The number of carbonyl (C=O) groups excluding carboxylic acids is 1. The molecular weight excluding hydrogens is 335 g/mol. The molecule has 0 bridgehead atoms. The van der Waals surface area contributed by atoms with E-state index in [4.69, 9.17) is 0 Å². The summed E-state index contributed by atoms with van der Waals surface area (Å²) in [7, 11) is 3.85. The van der Waals surface area contributed by atoms with Gasteiger partial charge in [0.25, 0.3) is 0 Å². The minimum absolute atomic E-state index is 0.00387. The van der Waals surface area contributed by atoms with Gasteiger partial charge < -0.3 is 10.2 Å². The highest BCUT2D eigenvalue weighted by Crippen LogP contribution is 2.20. The third-order valence-corrected chi connectivity index (χ3v) is 5.25. The molecule has 25 heavy (non-hydrogen) atoms. The molecule has 1 amide bonds. The second kappa shape index (κ2) is 9.59. The maximum absolute atomic E-state index is 13.5. The molecule has 0 fully saturated rings. The van der Waals surface area contributed by atoms with E-state index in [1.54, 1.807) is 17.8 Å². The zero-order valence-electron chi connectivity index (χ0n) is 14.9. The first kappa shape index (κ1) is 19.5. The number of hydrogen-bond donors (Lipinski definition) is 1. The van der Waals surface area contributed by atoms with E-state index in [-0.39, 0.29) is 23.0 Å². The summed E-state index contributed by atoms with van der Waals surface area (Å²) in [4.78, 5) is 14.3. The molecule has 134 valence electrons. The zero-order valence-corrected chi connectivity index (χ0v) is 15.7. The highest BCUT2D eigenvalue weighted by molar-refractivity contribution is 7.99. The predicted molar refractivity (Wildman–Crippen MR) is 103 cm³/mol. The average molecular weight is 360 g/mol. The molecule has 0 aliphatic rings. The number of rotatable bonds is 8. The average Bonchev–Trinajstić information content (AvgIpc) is 2.60. The predicted octanol–water partition coefficient (Wildman–Crippen LogP) is 3.87. The van der Waals surface area contributed by atoms with Crippen LogP contribution >= 0.6 is 11.8 Å². The van der Waals surface area contributed by atoms with Gasteiger partial charge in [0.05, 0.1) is 11.3 Å². The summed E-state index contributed by atoms with van der Waals surface area (Å²) in [6, 6.07) is 16.6. The van der Waals surface area contributed by atoms with Crippen LogP contribution in [-0.2, 0) is 10.5 Å². The van der Waals surface area contributed by atoms with E-state index in [1.165, 1.54) is 17.7 Å². The van der Waals surface area contributed by atoms with Gasteiger partial charge in [-0.05, 0) is 44.3 Å². The number of thioether (sulfide) groups is 1. The molecular formula is C20H25FN2OS. The summed E-state index contributed by atoms with van der Waals surface area (Å²) < 4.78 is 13.5. The van der Waals surface area contributed by atoms with Gasteiger partial charge in [-0.2, -0.15) is 0 Å². The fourth-order valence-corrected chi connectivity index (χ4v) is 3.39. The summed E-state index contributed by atoms with van der Waals surface area (Å²) in [6.45, 7) is 2.36. The molecule has 5 heteroatoms. The lowest BCUT2D eigenvalue weighted by atomic mass is 10.1. The Morgan fingerprint density at radius 2 is 1.88 bits per heavy atom. The molecule has 2 aromatic carbocycles. The quantitative estimate of drug-likeness (QED) is 0.776. The largest absolute Gasteiger partial charge is 0.353 e. The number of amides is 1. The lowest BCUT2D eigenvalue weighted by molar-refractivity contribution is -0.120. The molecule has 0 aliphatic carbocycles. The maximum Gasteiger partial charge on any atom is 0.232 e. The Labute approximate surface area is 153 Å². The Bertz CT molecular complexity index is 678. The Morgan fingerprint density at radius 3 is 2.52 bits per heavy atom. The molecule has 0 heterocycles. The number of hydrogen-bond acceptors (Lipinski definition) is 3. The topological polar surface area (TPSA) is 32.3 Å². The van der Waals surface area contributed by atoms with E-state index >= 15 is 0 Å². The summed E-state index contributed by atoms with van der Waals surface area (Å²) in [5.41, 5.74) is 2.06. The maximum atomic E-state index is 13.5. The van der Waals surface area contributed by atoms with E-state index < -0.39 is 0 Å². The molecule has 0 spiro atoms. The Balaban J connectivity index is 1.87. The van der Waals surface area contributed by atoms with Gasteiger partial charge >= 0.3 is 0 Å². The van der Waals surface area contributed by atoms with Crippen molar-refractivity contribution in [3.8, 4) is 0 Å². The van der Waals surface area contributed by atoms with Crippen molar-refractivity contribution in [2.75, 3.05) is 20.6 Å². The number of benzene rings is 2. The van der Waals surface area contributed by atoms with E-state index in [2.05, 4.69) is 17.4 Å². The minimum Gasteiger partial charge on any atom is -0.353 e. The number of halogens is 1. The first-order chi connectivity index (χ1) is 12.0. The van der Waals surface area contributed by atoms with Crippen molar-refractivity contribution in [1.82, 2.24) is 10.2 Å². The summed E-state index contributed by atoms with van der Waals surface area (Å²) >= 11 is 1.61. The number of likely N-dealkylation sites (N-methyl/N-ethyl adjacent to an activating group) is 1. The van der Waals surface area contributed by atoms with Gasteiger partial charge in [0.2, 0.25) is 5.91 Å². The summed E-state index contributed by atoms with van der Waals surface area (Å²) in [6.07, 6.45) is 0. The minimum atomic E-state index is -0.262. The third kappa shape index (κ3) is 6.18. The van der Waals surface area contributed by atoms with E-state index in [0.717, 1.165) is 11.3 Å². The van der Waals surface area contributed by atoms with Crippen molar-refractivity contribution in [3.05, 3.63) is 71.5 Å². The molecule has 0 saturated carbocycles. The van der Waals surface area contributed by atoms with Crippen LogP contribution < -0.4 is 5.32 Å². The van der Waals surface area contributed by atoms with Gasteiger partial charge in [-0.25, -0.2) is 4.39 Å². The van der Waals surface area contributed by atoms with Gasteiger partial charge in [0.15, 0.2) is 0 Å². The van der Waals surface area contributed by atoms with E-state index in [9.17, 15) is 9.18 Å². The van der Waals surface area contributed by atoms with Crippen LogP contribution in [0.1, 0.15) is 24.1 Å². The van der Waals surface area contributed by atoms with E-state index in [0.29, 0.717) is 6.54 Å². The van der Waals surface area contributed by atoms with Crippen molar-refractivity contribution in [3.63, 3.8) is 0 Å². The van der Waals surface area contributed by atoms with Crippen molar-refractivity contribution < 1.29 is 9.18 Å². The molecule has 0 radical (unpaired) electrons. The van der Waals surface area contributed by atoms with E-state index in [1.807, 2.05) is 50.2 Å². The number of nitrogens with zero attached hydrogens (tertiary/aromatic N) is 1. The van der Waals surface area contributed by atoms with Crippen LogP contribution in [0.3, 0.4) is 0 Å². The monoisotopic (exact) mass is 360 g/mol. The van der Waals surface area contributed by atoms with Gasteiger partial charge in [-0.3, -0.25) is 4.79 Å². The molecule has 0 aromatic heterocycles. The van der Waals surface area contributed by atoms with Gasteiger partial charge in [0.1, 0.15) is 5.82 Å². The molecule has 2 aromatic rings. The molecule has 3 nitrogen and oxygen atoms in total. The van der Waals surface area contributed by atoms with Crippen molar-refractivity contribution >= 4 is 17.7 Å². The molecule has 0 unspecified atom stereocenters. The Hall–Kier alpha value is -1.85. The van der Waals surface area contributed by atoms with Crippen LogP contribution in [0.25, 0.3) is 0 Å². The summed E-state index contributed by atoms with van der Waals surface area (Å²) in [5, 5.41) is 2.85. The number of carbonyl (C=O) groups is 1. The highest BCUT2D eigenvalue weighted by atomic mass is 32.2. The molecule has 0 aliphatic heterocycles. The molecule has 2 atom stereocenters. The van der Waals surface area contributed by atoms with Crippen molar-refractivity contribution in [1.29, 1.82) is 0 Å². The van der Waals surface area contributed by atoms with Crippen LogP contribution in [-0.4, -0.2) is 36.7 Å². The van der Waals surface area contributed by atoms with Gasteiger partial charge in [0, 0.05) is 12.3 Å². The lowest BCUT2D eigenvalue weighted by Gasteiger charge is -2.25. The van der Waals surface area contributed by atoms with Crippen LogP contribution in [0, 0.1) is 5.82 Å². The van der Waals surface area contributed by atoms with Crippen LogP contribution in [0.2, 0.25) is 0 Å². The molecule has 2 rings (SSSR count). The second-order valence-corrected chi connectivity index (χ2v) is 7.55.